The number of fused-ring (bicyclic) bond motifs is 1. The molecule has 1 aliphatic rings. The van der Waals surface area contributed by atoms with E-state index in [9.17, 15) is 9.18 Å². The first kappa shape index (κ1) is 25.0. The van der Waals surface area contributed by atoms with Gasteiger partial charge >= 0.3 is 27.0 Å². The number of halogens is 1. The molecule has 1 radical (unpaired) electrons. The maximum absolute atomic E-state index is 14.4. The van der Waals surface area contributed by atoms with Gasteiger partial charge in [-0.05, 0) is 24.3 Å². The average molecular weight is 589 g/mol. The standard InChI is InChI=1S/C18H20FNO2.CH3.W.Y/c1-2-5-15-17(12-6-3-4-7-14(12)19)13-9-8-11(18(21)22)10-16(13)20-15;;;/h8-10,12,14H,1-7H2,(H,21,22);1H3;;/q-2;-1;+2;. The molecule has 2 unspecified atom stereocenters. The van der Waals surface area contributed by atoms with Crippen molar-refractivity contribution in [2.75, 3.05) is 0 Å². The first-order valence-corrected chi connectivity index (χ1v) is 7.87. The van der Waals surface area contributed by atoms with E-state index in [4.69, 9.17) is 5.11 Å². The molecule has 0 bridgehead atoms. The number of hydrogen-bond acceptors (Lipinski definition) is 1. The molecule has 3 nitrogen and oxygen atoms in total. The number of rotatable bonds is 4. The summed E-state index contributed by atoms with van der Waals surface area (Å²) in [6.07, 6.45) is 4.00. The van der Waals surface area contributed by atoms with Gasteiger partial charge < -0.3 is 24.4 Å². The van der Waals surface area contributed by atoms with Crippen LogP contribution >= 0.6 is 0 Å². The van der Waals surface area contributed by atoms with Gasteiger partial charge in [-0.25, -0.2) is 9.18 Å². The average Bonchev–Trinajstić information content (AvgIpc) is 2.85. The van der Waals surface area contributed by atoms with Gasteiger partial charge in [0.2, 0.25) is 0 Å². The van der Waals surface area contributed by atoms with Gasteiger partial charge in [0.15, 0.2) is 0 Å². The zero-order valence-electron chi connectivity index (χ0n) is 14.5. The summed E-state index contributed by atoms with van der Waals surface area (Å²) < 4.78 is 14.4. The van der Waals surface area contributed by atoms with Crippen LogP contribution in [-0.4, -0.2) is 17.2 Å². The Morgan fingerprint density at radius 1 is 1.32 bits per heavy atom. The Balaban J connectivity index is 0.00000192. The topological polar surface area (TPSA) is 51.4 Å². The molecule has 25 heavy (non-hydrogen) atoms. The number of alkyl halides is 1. The van der Waals surface area contributed by atoms with Crippen molar-refractivity contribution in [1.29, 1.82) is 0 Å². The third-order valence-corrected chi connectivity index (χ3v) is 4.57. The van der Waals surface area contributed by atoms with Gasteiger partial charge in [0, 0.05) is 38.6 Å². The van der Waals surface area contributed by atoms with Crippen LogP contribution in [0.4, 0.5) is 4.39 Å². The number of nitrogens with zero attached hydrogens (tertiary/aromatic N) is 1. The third kappa shape index (κ3) is 5.24. The molecule has 2 aromatic rings. The fraction of sp³-hybridized carbons (Fsp3) is 0.421. The Hall–Kier alpha value is -0.0478. The van der Waals surface area contributed by atoms with Crippen LogP contribution in [0.25, 0.3) is 10.9 Å². The Morgan fingerprint density at radius 3 is 2.60 bits per heavy atom. The molecular weight excluding hydrogens is 566 g/mol. The summed E-state index contributed by atoms with van der Waals surface area (Å²) in [6, 6.07) is 4.96. The zero-order valence-corrected chi connectivity index (χ0v) is 20.3. The number of aromatic nitrogens is 1. The summed E-state index contributed by atoms with van der Waals surface area (Å²) >= 11 is 0. The van der Waals surface area contributed by atoms with Crippen LogP contribution < -0.4 is 4.98 Å². The fourth-order valence-corrected chi connectivity index (χ4v) is 3.53. The molecule has 1 N–H and O–H groups in total. The normalized spacial score (nSPS) is 19.4. The molecule has 1 aromatic carbocycles. The third-order valence-electron chi connectivity index (χ3n) is 4.57. The number of carboxylic acid groups (broad SMARTS) is 1. The summed E-state index contributed by atoms with van der Waals surface area (Å²) in [5.74, 6) is -1.08. The van der Waals surface area contributed by atoms with Crippen LogP contribution in [0, 0.1) is 14.4 Å². The van der Waals surface area contributed by atoms with Crippen LogP contribution in [-0.2, 0) is 60.2 Å². The minimum absolute atomic E-state index is 0. The maximum Gasteiger partial charge on any atom is 2.00 e. The molecule has 1 fully saturated rings. The van der Waals surface area contributed by atoms with E-state index in [2.05, 4.69) is 11.9 Å². The number of hydrogen-bond donors (Lipinski definition) is 1. The zero-order chi connectivity index (χ0) is 15.7. The van der Waals surface area contributed by atoms with E-state index >= 15 is 0 Å². The molecule has 1 aliphatic carbocycles. The molecule has 0 saturated heterocycles. The number of carbonyl (C=O) groups is 1. The molecule has 0 aliphatic heterocycles. The van der Waals surface area contributed by atoms with Crippen LogP contribution in [0.1, 0.15) is 59.6 Å². The van der Waals surface area contributed by atoms with Crippen LogP contribution in [0.5, 0.6) is 0 Å². The van der Waals surface area contributed by atoms with E-state index in [1.165, 1.54) is 0 Å². The largest absolute Gasteiger partial charge is 2.00 e. The second kappa shape index (κ2) is 10.9. The van der Waals surface area contributed by atoms with E-state index in [1.807, 2.05) is 0 Å². The number of aryl methyl sites for hydroxylation is 1. The van der Waals surface area contributed by atoms with Gasteiger partial charge in [0.05, 0.1) is 5.56 Å². The van der Waals surface area contributed by atoms with Crippen LogP contribution in [0.15, 0.2) is 18.2 Å². The molecule has 133 valence electrons. The Labute approximate surface area is 188 Å². The van der Waals surface area contributed by atoms with Gasteiger partial charge in [-0.2, -0.15) is 12.1 Å². The fourth-order valence-electron chi connectivity index (χ4n) is 3.53. The van der Waals surface area contributed by atoms with Crippen molar-refractivity contribution in [2.24, 2.45) is 0 Å². The van der Waals surface area contributed by atoms with Crippen molar-refractivity contribution in [1.82, 2.24) is 4.98 Å². The molecule has 2 atom stereocenters. The molecular formula is C19H23FNO2WY-. The number of benzene rings is 1. The number of aromatic carboxylic acids is 1. The number of carboxylic acids is 1. The minimum Gasteiger partial charge on any atom is -0.661 e. The summed E-state index contributed by atoms with van der Waals surface area (Å²) in [7, 11) is 0. The van der Waals surface area contributed by atoms with Gasteiger partial charge in [0.25, 0.3) is 0 Å². The smallest absolute Gasteiger partial charge is 0.661 e. The molecule has 1 saturated carbocycles. The second-order valence-electron chi connectivity index (χ2n) is 6.02. The monoisotopic (exact) mass is 589 g/mol. The van der Waals surface area contributed by atoms with Gasteiger partial charge in [0.1, 0.15) is 6.17 Å². The molecule has 1 aromatic heterocycles. The Kier molecular flexibility index (Phi) is 10.9. The van der Waals surface area contributed by atoms with Gasteiger partial charge in [-0.3, -0.25) is 0 Å². The SMILES string of the molecule is [CH2-]CCc1[n-]c2cc(C(=O)O)ccc2c1C1CCCCC1F.[CH3-].[W+2].[Y]. The van der Waals surface area contributed by atoms with E-state index in [-0.39, 0.29) is 72.7 Å². The summed E-state index contributed by atoms with van der Waals surface area (Å²) in [6.45, 7) is 3.87. The minimum atomic E-state index is -0.966. The Morgan fingerprint density at radius 2 is 2.00 bits per heavy atom. The molecule has 1 heterocycles. The van der Waals surface area contributed by atoms with E-state index in [1.54, 1.807) is 18.2 Å². The predicted octanol–water partition coefficient (Wildman–Crippen LogP) is 4.70. The van der Waals surface area contributed by atoms with Crippen molar-refractivity contribution in [2.45, 2.75) is 50.6 Å². The van der Waals surface area contributed by atoms with Crippen LogP contribution in [0.2, 0.25) is 0 Å². The first-order valence-electron chi connectivity index (χ1n) is 7.87. The summed E-state index contributed by atoms with van der Waals surface area (Å²) in [5.41, 5.74) is 2.76. The van der Waals surface area contributed by atoms with E-state index < -0.39 is 12.1 Å². The predicted molar refractivity (Wildman–Crippen MR) is 90.4 cm³/mol. The van der Waals surface area contributed by atoms with Crippen molar-refractivity contribution in [3.05, 3.63) is 49.4 Å². The second-order valence-corrected chi connectivity index (χ2v) is 6.02. The van der Waals surface area contributed by atoms with E-state index in [0.29, 0.717) is 24.8 Å². The van der Waals surface area contributed by atoms with Gasteiger partial charge in [-0.15, -0.1) is 5.52 Å². The van der Waals surface area contributed by atoms with Crippen LogP contribution in [0.3, 0.4) is 0 Å². The molecule has 0 amide bonds. The van der Waals surface area contributed by atoms with Crippen molar-refractivity contribution < 1.29 is 68.1 Å². The van der Waals surface area contributed by atoms with Crippen molar-refractivity contribution >= 4 is 16.9 Å². The summed E-state index contributed by atoms with van der Waals surface area (Å²) in [5, 5.41) is 10.0. The maximum atomic E-state index is 14.4. The quantitative estimate of drug-likeness (QED) is 0.527. The molecule has 0 spiro atoms. The molecule has 6 heteroatoms. The molecule has 3 rings (SSSR count). The first-order chi connectivity index (χ1) is 10.6. The Bertz CT molecular complexity index is 704. The van der Waals surface area contributed by atoms with Crippen molar-refractivity contribution in [3.63, 3.8) is 0 Å². The van der Waals surface area contributed by atoms with Crippen molar-refractivity contribution in [3.8, 4) is 0 Å². The summed E-state index contributed by atoms with van der Waals surface area (Å²) in [4.78, 5) is 15.7. The van der Waals surface area contributed by atoms with Gasteiger partial charge in [-0.1, -0.05) is 37.0 Å². The van der Waals surface area contributed by atoms with E-state index in [0.717, 1.165) is 35.9 Å².